The fourth-order valence-corrected chi connectivity index (χ4v) is 4.04. The average Bonchev–Trinajstić information content (AvgIpc) is 2.62. The van der Waals surface area contributed by atoms with E-state index in [0.717, 1.165) is 0 Å². The number of nitrogen functional groups attached to an aromatic ring is 1. The van der Waals surface area contributed by atoms with Crippen LogP contribution in [0.3, 0.4) is 0 Å². The number of nitrogens with two attached hydrogens (primary N) is 1. The van der Waals surface area contributed by atoms with Crippen LogP contribution in [0.4, 0.5) is 11.9 Å². The van der Waals surface area contributed by atoms with Crippen LogP contribution in [0, 0.1) is 0 Å². The van der Waals surface area contributed by atoms with Gasteiger partial charge in [-0.05, 0) is 13.3 Å². The van der Waals surface area contributed by atoms with E-state index in [-0.39, 0.29) is 29.4 Å². The molecule has 1 atom stereocenters. The van der Waals surface area contributed by atoms with Crippen molar-refractivity contribution in [3.8, 4) is 6.01 Å². The number of aromatic nitrogens is 3. The van der Waals surface area contributed by atoms with E-state index in [0.29, 0.717) is 6.42 Å². The Morgan fingerprint density at radius 2 is 2.00 bits per heavy atom. The minimum absolute atomic E-state index is 0.0411. The fourth-order valence-electron chi connectivity index (χ4n) is 1.95. The topological polar surface area (TPSA) is 132 Å². The van der Waals surface area contributed by atoms with Gasteiger partial charge < -0.3 is 10.1 Å². The lowest BCUT2D eigenvalue weighted by Crippen LogP contribution is -2.36. The van der Waals surface area contributed by atoms with E-state index < -0.39 is 15.4 Å². The highest BCUT2D eigenvalue weighted by Crippen LogP contribution is 2.26. The number of rotatable bonds is 4. The van der Waals surface area contributed by atoms with Crippen LogP contribution >= 0.6 is 0 Å². The molecule has 1 saturated heterocycles. The zero-order valence-electron chi connectivity index (χ0n) is 10.7. The van der Waals surface area contributed by atoms with Gasteiger partial charge in [0.2, 0.25) is 11.9 Å². The van der Waals surface area contributed by atoms with Crippen molar-refractivity contribution < 1.29 is 13.2 Å². The van der Waals surface area contributed by atoms with Crippen molar-refractivity contribution in [2.24, 2.45) is 5.84 Å². The highest BCUT2D eigenvalue weighted by Gasteiger charge is 2.39. The summed E-state index contributed by atoms with van der Waals surface area (Å²) in [5, 5.41) is 3.01. The first-order valence-corrected chi connectivity index (χ1v) is 7.43. The van der Waals surface area contributed by atoms with Crippen LogP contribution in [0.15, 0.2) is 0 Å². The second-order valence-electron chi connectivity index (χ2n) is 4.64. The molecule has 1 aliphatic heterocycles. The maximum absolute atomic E-state index is 11.5. The van der Waals surface area contributed by atoms with E-state index in [1.165, 1.54) is 7.11 Å². The molecule has 1 aromatic heterocycles. The summed E-state index contributed by atoms with van der Waals surface area (Å²) in [5.41, 5.74) is 1.70. The fraction of sp³-hybridized carbons (Fsp3) is 0.667. The van der Waals surface area contributed by atoms with Crippen LogP contribution in [0.1, 0.15) is 13.3 Å². The van der Waals surface area contributed by atoms with E-state index in [2.05, 4.69) is 25.7 Å². The first-order valence-electron chi connectivity index (χ1n) is 5.61. The van der Waals surface area contributed by atoms with Gasteiger partial charge in [0.15, 0.2) is 9.84 Å². The maximum atomic E-state index is 11.5. The van der Waals surface area contributed by atoms with Crippen molar-refractivity contribution in [2.75, 3.05) is 29.4 Å². The summed E-state index contributed by atoms with van der Waals surface area (Å²) in [6, 6.07) is 0.0925. The van der Waals surface area contributed by atoms with Gasteiger partial charge in [0.05, 0.1) is 24.2 Å². The van der Waals surface area contributed by atoms with Crippen LogP contribution in [-0.4, -0.2) is 47.5 Å². The standard InChI is InChI=1S/C9H16N6O3S/c1-9(3-4-19(16,17)5-9)14-6-11-7(15-10)13-8(12-6)18-2/h3-5,10H2,1-2H3,(H2,11,12,13,14,15). The molecule has 1 fully saturated rings. The molecule has 9 nitrogen and oxygen atoms in total. The summed E-state index contributed by atoms with van der Waals surface area (Å²) < 4.78 is 28.0. The Labute approximate surface area is 110 Å². The summed E-state index contributed by atoms with van der Waals surface area (Å²) in [5.74, 6) is 5.80. The molecule has 0 amide bonds. The molecule has 0 radical (unpaired) electrons. The Morgan fingerprint density at radius 3 is 2.53 bits per heavy atom. The number of sulfone groups is 1. The van der Waals surface area contributed by atoms with Crippen molar-refractivity contribution >= 4 is 21.7 Å². The minimum Gasteiger partial charge on any atom is -0.467 e. The van der Waals surface area contributed by atoms with E-state index in [1.807, 2.05) is 6.92 Å². The molecule has 2 rings (SSSR count). The first kappa shape index (κ1) is 13.7. The zero-order valence-corrected chi connectivity index (χ0v) is 11.5. The summed E-state index contributed by atoms with van der Waals surface area (Å²) >= 11 is 0. The SMILES string of the molecule is COc1nc(NN)nc(NC2(C)CCS(=O)(=O)C2)n1. The van der Waals surface area contributed by atoms with Gasteiger partial charge in [-0.25, -0.2) is 14.3 Å². The van der Waals surface area contributed by atoms with Crippen LogP contribution < -0.4 is 21.3 Å². The quantitative estimate of drug-likeness (QED) is 0.479. The Kier molecular flexibility index (Phi) is 3.45. The summed E-state index contributed by atoms with van der Waals surface area (Å²) in [6.07, 6.45) is 0.495. The Bertz CT molecular complexity index is 555. The molecule has 0 bridgehead atoms. The van der Waals surface area contributed by atoms with Gasteiger partial charge >= 0.3 is 6.01 Å². The molecule has 0 aliphatic carbocycles. The number of hydrogen-bond acceptors (Lipinski definition) is 9. The van der Waals surface area contributed by atoms with Crippen LogP contribution in [0.2, 0.25) is 0 Å². The smallest absolute Gasteiger partial charge is 0.322 e. The number of hydrazine groups is 1. The van der Waals surface area contributed by atoms with Crippen LogP contribution in [-0.2, 0) is 9.84 Å². The van der Waals surface area contributed by atoms with Gasteiger partial charge in [0.1, 0.15) is 0 Å². The monoisotopic (exact) mass is 288 g/mol. The van der Waals surface area contributed by atoms with E-state index >= 15 is 0 Å². The molecule has 106 valence electrons. The van der Waals surface area contributed by atoms with Gasteiger partial charge in [-0.3, -0.25) is 5.43 Å². The second-order valence-corrected chi connectivity index (χ2v) is 6.83. The third-order valence-electron chi connectivity index (χ3n) is 2.84. The van der Waals surface area contributed by atoms with E-state index in [1.54, 1.807) is 0 Å². The number of ether oxygens (including phenoxy) is 1. The third kappa shape index (κ3) is 3.20. The van der Waals surface area contributed by atoms with E-state index in [9.17, 15) is 8.42 Å². The first-order chi connectivity index (χ1) is 8.86. The third-order valence-corrected chi connectivity index (χ3v) is 4.75. The molecule has 10 heteroatoms. The molecular formula is C9H16N6O3S. The number of methoxy groups -OCH3 is 1. The minimum atomic E-state index is -3.01. The molecule has 19 heavy (non-hydrogen) atoms. The van der Waals surface area contributed by atoms with Gasteiger partial charge in [-0.2, -0.15) is 15.0 Å². The number of anilines is 2. The summed E-state index contributed by atoms with van der Waals surface area (Å²) in [7, 11) is -1.59. The predicted octanol–water partition coefficient (Wildman–Crippen LogP) is -0.845. The molecule has 1 aliphatic rings. The van der Waals surface area contributed by atoms with Crippen molar-refractivity contribution in [1.29, 1.82) is 0 Å². The molecule has 4 N–H and O–H groups in total. The predicted molar refractivity (Wildman–Crippen MR) is 69.5 cm³/mol. The van der Waals surface area contributed by atoms with Crippen LogP contribution in [0.5, 0.6) is 6.01 Å². The van der Waals surface area contributed by atoms with Crippen molar-refractivity contribution in [1.82, 2.24) is 15.0 Å². The Balaban J connectivity index is 2.23. The number of nitrogens with zero attached hydrogens (tertiary/aromatic N) is 3. The van der Waals surface area contributed by atoms with Gasteiger partial charge in [-0.15, -0.1) is 0 Å². The van der Waals surface area contributed by atoms with Gasteiger partial charge in [-0.1, -0.05) is 0 Å². The molecule has 0 saturated carbocycles. The average molecular weight is 288 g/mol. The molecule has 0 aromatic carbocycles. The lowest BCUT2D eigenvalue weighted by atomic mass is 10.0. The molecular weight excluding hydrogens is 272 g/mol. The molecule has 1 unspecified atom stereocenters. The van der Waals surface area contributed by atoms with Crippen molar-refractivity contribution in [3.05, 3.63) is 0 Å². The van der Waals surface area contributed by atoms with E-state index in [4.69, 9.17) is 10.6 Å². The Morgan fingerprint density at radius 1 is 1.32 bits per heavy atom. The highest BCUT2D eigenvalue weighted by molar-refractivity contribution is 7.91. The zero-order chi connectivity index (χ0) is 14.1. The largest absolute Gasteiger partial charge is 0.467 e. The summed E-state index contributed by atoms with van der Waals surface area (Å²) in [6.45, 7) is 1.81. The van der Waals surface area contributed by atoms with Gasteiger partial charge in [0.25, 0.3) is 0 Å². The number of nitrogens with one attached hydrogen (secondary N) is 2. The van der Waals surface area contributed by atoms with Crippen molar-refractivity contribution in [3.63, 3.8) is 0 Å². The lowest BCUT2D eigenvalue weighted by molar-refractivity contribution is 0.379. The summed E-state index contributed by atoms with van der Waals surface area (Å²) in [4.78, 5) is 11.9. The molecule has 1 aromatic rings. The second kappa shape index (κ2) is 4.78. The maximum Gasteiger partial charge on any atom is 0.322 e. The van der Waals surface area contributed by atoms with Crippen molar-refractivity contribution in [2.45, 2.75) is 18.9 Å². The number of hydrogen-bond donors (Lipinski definition) is 3. The molecule has 2 heterocycles. The highest BCUT2D eigenvalue weighted by atomic mass is 32.2. The molecule has 0 spiro atoms. The Hall–Kier alpha value is -1.68. The van der Waals surface area contributed by atoms with Crippen LogP contribution in [0.25, 0.3) is 0 Å². The lowest BCUT2D eigenvalue weighted by Gasteiger charge is -2.23. The van der Waals surface area contributed by atoms with Gasteiger partial charge in [0, 0.05) is 0 Å². The normalized spacial score (nSPS) is 25.0.